The first kappa shape index (κ1) is 12.6. The van der Waals surface area contributed by atoms with Gasteiger partial charge in [-0.3, -0.25) is 0 Å². The summed E-state index contributed by atoms with van der Waals surface area (Å²) < 4.78 is 0. The first-order valence-corrected chi connectivity index (χ1v) is 7.11. The summed E-state index contributed by atoms with van der Waals surface area (Å²) in [5, 5.41) is 11.3. The third-order valence-corrected chi connectivity index (χ3v) is 4.10. The molecule has 3 heteroatoms. The zero-order chi connectivity index (χ0) is 13.9. The minimum Gasteiger partial charge on any atom is -0.477 e. The molecule has 1 N–H and O–H groups in total. The maximum absolute atomic E-state index is 11.5. The van der Waals surface area contributed by atoms with Crippen molar-refractivity contribution in [3.63, 3.8) is 0 Å². The van der Waals surface area contributed by atoms with Crippen LogP contribution in [0.3, 0.4) is 0 Å². The number of hydrogen-bond acceptors (Lipinski definition) is 2. The van der Waals surface area contributed by atoms with E-state index in [0.717, 1.165) is 22.3 Å². The monoisotopic (exact) mass is 280 g/mol. The van der Waals surface area contributed by atoms with E-state index in [4.69, 9.17) is 0 Å². The minimum atomic E-state index is -0.879. The van der Waals surface area contributed by atoms with Gasteiger partial charge < -0.3 is 5.11 Å². The molecule has 20 heavy (non-hydrogen) atoms. The van der Waals surface area contributed by atoms with Gasteiger partial charge in [0.2, 0.25) is 0 Å². The van der Waals surface area contributed by atoms with Gasteiger partial charge in [0.15, 0.2) is 0 Å². The van der Waals surface area contributed by atoms with Gasteiger partial charge >= 0.3 is 5.97 Å². The Hall–Kier alpha value is -2.39. The Morgan fingerprint density at radius 3 is 1.95 bits per heavy atom. The van der Waals surface area contributed by atoms with Gasteiger partial charge in [0, 0.05) is 16.5 Å². The van der Waals surface area contributed by atoms with Gasteiger partial charge in [0.1, 0.15) is 4.88 Å². The molecule has 0 atom stereocenters. The molecule has 3 aromatic rings. The highest BCUT2D eigenvalue weighted by atomic mass is 32.1. The second kappa shape index (κ2) is 5.31. The largest absolute Gasteiger partial charge is 0.477 e. The maximum Gasteiger partial charge on any atom is 0.346 e. The molecule has 3 rings (SSSR count). The van der Waals surface area contributed by atoms with Crippen molar-refractivity contribution in [1.82, 2.24) is 0 Å². The molecule has 1 aromatic heterocycles. The fraction of sp³-hybridized carbons (Fsp3) is 0. The SMILES string of the molecule is O=C(O)c1scc(-c2ccccc2)c1-c1ccccc1. The summed E-state index contributed by atoms with van der Waals surface area (Å²) >= 11 is 1.27. The number of rotatable bonds is 3. The number of benzene rings is 2. The van der Waals surface area contributed by atoms with Crippen molar-refractivity contribution >= 4 is 17.3 Å². The van der Waals surface area contributed by atoms with E-state index in [0.29, 0.717) is 4.88 Å². The first-order valence-electron chi connectivity index (χ1n) is 6.23. The summed E-state index contributed by atoms with van der Waals surface area (Å²) in [4.78, 5) is 11.8. The predicted molar refractivity (Wildman–Crippen MR) is 82.2 cm³/mol. The molecule has 0 radical (unpaired) electrons. The van der Waals surface area contributed by atoms with Crippen LogP contribution < -0.4 is 0 Å². The van der Waals surface area contributed by atoms with Gasteiger partial charge in [-0.25, -0.2) is 4.79 Å². The van der Waals surface area contributed by atoms with Crippen molar-refractivity contribution in [1.29, 1.82) is 0 Å². The van der Waals surface area contributed by atoms with E-state index in [-0.39, 0.29) is 0 Å². The molecule has 1 heterocycles. The normalized spacial score (nSPS) is 10.4. The summed E-state index contributed by atoms with van der Waals surface area (Å²) in [6.07, 6.45) is 0. The molecule has 0 aliphatic heterocycles. The Kier molecular flexibility index (Phi) is 3.35. The Morgan fingerprint density at radius 1 is 0.850 bits per heavy atom. The first-order chi connectivity index (χ1) is 9.77. The maximum atomic E-state index is 11.5. The van der Waals surface area contributed by atoms with E-state index >= 15 is 0 Å². The molecule has 2 nitrogen and oxygen atoms in total. The lowest BCUT2D eigenvalue weighted by molar-refractivity contribution is 0.0703. The van der Waals surface area contributed by atoms with Gasteiger partial charge in [0.05, 0.1) is 0 Å². The number of thiophene rings is 1. The number of carbonyl (C=O) groups is 1. The van der Waals surface area contributed by atoms with Crippen LogP contribution in [0, 0.1) is 0 Å². The van der Waals surface area contributed by atoms with Crippen LogP contribution in [-0.2, 0) is 0 Å². The zero-order valence-corrected chi connectivity index (χ0v) is 11.4. The average molecular weight is 280 g/mol. The summed E-state index contributed by atoms with van der Waals surface area (Å²) in [6.45, 7) is 0. The molecular formula is C17H12O2S. The van der Waals surface area contributed by atoms with Gasteiger partial charge in [0.25, 0.3) is 0 Å². The van der Waals surface area contributed by atoms with Crippen LogP contribution in [-0.4, -0.2) is 11.1 Å². The fourth-order valence-corrected chi connectivity index (χ4v) is 3.17. The molecule has 0 aliphatic rings. The lowest BCUT2D eigenvalue weighted by atomic mass is 9.97. The quantitative estimate of drug-likeness (QED) is 0.749. The molecule has 0 spiro atoms. The summed E-state index contributed by atoms with van der Waals surface area (Å²) in [5.41, 5.74) is 3.74. The molecule has 0 fully saturated rings. The molecule has 0 unspecified atom stereocenters. The Labute approximate surface area is 121 Å². The second-order valence-electron chi connectivity index (χ2n) is 4.39. The highest BCUT2D eigenvalue weighted by Gasteiger charge is 2.19. The molecule has 98 valence electrons. The van der Waals surface area contributed by atoms with Crippen LogP contribution in [0.25, 0.3) is 22.3 Å². The predicted octanol–water partition coefficient (Wildman–Crippen LogP) is 4.78. The van der Waals surface area contributed by atoms with Crippen molar-refractivity contribution in [3.05, 3.63) is 70.9 Å². The Bertz CT molecular complexity index is 730. The minimum absolute atomic E-state index is 0.384. The Balaban J connectivity index is 2.25. The van der Waals surface area contributed by atoms with Crippen molar-refractivity contribution in [2.75, 3.05) is 0 Å². The third kappa shape index (κ3) is 2.24. The smallest absolute Gasteiger partial charge is 0.346 e. The standard InChI is InChI=1S/C17H12O2S/c18-17(19)16-15(13-9-5-2-6-10-13)14(11-20-16)12-7-3-1-4-8-12/h1-11H,(H,18,19). The number of aromatic carboxylic acids is 1. The lowest BCUT2D eigenvalue weighted by Gasteiger charge is -2.06. The number of hydrogen-bond donors (Lipinski definition) is 1. The Morgan fingerprint density at radius 2 is 1.40 bits per heavy atom. The molecule has 0 bridgehead atoms. The molecular weight excluding hydrogens is 268 g/mol. The molecule has 0 amide bonds. The fourth-order valence-electron chi connectivity index (χ4n) is 2.24. The van der Waals surface area contributed by atoms with Crippen molar-refractivity contribution in [2.24, 2.45) is 0 Å². The van der Waals surface area contributed by atoms with E-state index in [1.807, 2.05) is 66.0 Å². The van der Waals surface area contributed by atoms with Crippen LogP contribution in [0.15, 0.2) is 66.0 Å². The van der Waals surface area contributed by atoms with Crippen LogP contribution >= 0.6 is 11.3 Å². The third-order valence-electron chi connectivity index (χ3n) is 3.13. The van der Waals surface area contributed by atoms with Crippen LogP contribution in [0.2, 0.25) is 0 Å². The molecule has 0 saturated heterocycles. The average Bonchev–Trinajstić information content (AvgIpc) is 2.94. The summed E-state index contributed by atoms with van der Waals surface area (Å²) in [7, 11) is 0. The van der Waals surface area contributed by atoms with Crippen molar-refractivity contribution in [3.8, 4) is 22.3 Å². The summed E-state index contributed by atoms with van der Waals surface area (Å²) in [5.74, 6) is -0.879. The highest BCUT2D eigenvalue weighted by molar-refractivity contribution is 7.13. The second-order valence-corrected chi connectivity index (χ2v) is 5.27. The van der Waals surface area contributed by atoms with Gasteiger partial charge in [-0.2, -0.15) is 0 Å². The van der Waals surface area contributed by atoms with E-state index < -0.39 is 5.97 Å². The zero-order valence-electron chi connectivity index (χ0n) is 10.6. The number of carboxylic acid groups (broad SMARTS) is 1. The van der Waals surface area contributed by atoms with Crippen molar-refractivity contribution in [2.45, 2.75) is 0 Å². The van der Waals surface area contributed by atoms with E-state index in [2.05, 4.69) is 0 Å². The summed E-state index contributed by atoms with van der Waals surface area (Å²) in [6, 6.07) is 19.5. The molecule has 0 aliphatic carbocycles. The number of carboxylic acids is 1. The van der Waals surface area contributed by atoms with Crippen LogP contribution in [0.1, 0.15) is 9.67 Å². The lowest BCUT2D eigenvalue weighted by Crippen LogP contribution is -1.95. The van der Waals surface area contributed by atoms with Gasteiger partial charge in [-0.15, -0.1) is 11.3 Å². The molecule has 2 aromatic carbocycles. The van der Waals surface area contributed by atoms with E-state index in [1.165, 1.54) is 11.3 Å². The van der Waals surface area contributed by atoms with E-state index in [9.17, 15) is 9.90 Å². The van der Waals surface area contributed by atoms with Crippen LogP contribution in [0.5, 0.6) is 0 Å². The topological polar surface area (TPSA) is 37.3 Å². The molecule has 0 saturated carbocycles. The van der Waals surface area contributed by atoms with Crippen LogP contribution in [0.4, 0.5) is 0 Å². The van der Waals surface area contributed by atoms with Crippen molar-refractivity contribution < 1.29 is 9.90 Å². The van der Waals surface area contributed by atoms with Gasteiger partial charge in [-0.05, 0) is 11.1 Å². The van der Waals surface area contributed by atoms with Gasteiger partial charge in [-0.1, -0.05) is 60.7 Å². The highest BCUT2D eigenvalue weighted by Crippen LogP contribution is 2.39. The van der Waals surface area contributed by atoms with E-state index in [1.54, 1.807) is 0 Å².